The van der Waals surface area contributed by atoms with Crippen LogP contribution in [0, 0.1) is 0 Å². The molecule has 0 radical (unpaired) electrons. The van der Waals surface area contributed by atoms with Gasteiger partial charge >= 0.3 is 28.4 Å². The molecule has 3 heteroatoms. The summed E-state index contributed by atoms with van der Waals surface area (Å²) in [7, 11) is 0. The monoisotopic (exact) mass is 275 g/mol. The summed E-state index contributed by atoms with van der Waals surface area (Å²) in [5, 5.41) is 0. The molecule has 0 aliphatic rings. The molecule has 1 heterocycles. The summed E-state index contributed by atoms with van der Waals surface area (Å²) in [6, 6.07) is 5.72. The van der Waals surface area contributed by atoms with Gasteiger partial charge in [-0.2, -0.15) is 0 Å². The molecule has 1 aromatic rings. The van der Waals surface area contributed by atoms with Crippen LogP contribution in [0.25, 0.3) is 0 Å². The fourth-order valence-corrected chi connectivity index (χ4v) is 0.313. The third kappa shape index (κ3) is 4.15. The van der Waals surface area contributed by atoms with Crippen LogP contribution in [0.1, 0.15) is 0 Å². The van der Waals surface area contributed by atoms with Crippen molar-refractivity contribution in [1.82, 2.24) is 4.98 Å². The summed E-state index contributed by atoms with van der Waals surface area (Å²) in [5.41, 5.74) is 0. The molecule has 0 aliphatic heterocycles. The number of hydrogen-bond donors (Lipinski definition) is 1. The molecule has 0 atom stereocenters. The van der Waals surface area contributed by atoms with E-state index in [1.165, 1.54) is 0 Å². The Bertz CT molecular complexity index is 82.4. The molecule has 0 bridgehead atoms. The van der Waals surface area contributed by atoms with Crippen LogP contribution in [0.5, 0.6) is 0 Å². The number of nitrogens with zero attached hydrogens (tertiary/aromatic N) is 1. The van der Waals surface area contributed by atoms with E-state index in [-0.39, 0.29) is 0 Å². The molecular formula is C5H7HfN2. The summed E-state index contributed by atoms with van der Waals surface area (Å²) >= 11 is 0.806. The molecule has 0 saturated carbocycles. The van der Waals surface area contributed by atoms with E-state index < -0.39 is 0 Å². The average molecular weight is 274 g/mol. The van der Waals surface area contributed by atoms with Gasteiger partial charge < -0.3 is 0 Å². The SMILES string of the molecule is [NH2][Hf].c1ccncc1. The first-order valence-electron chi connectivity index (χ1n) is 2.14. The van der Waals surface area contributed by atoms with Crippen LogP contribution in [0.4, 0.5) is 0 Å². The van der Waals surface area contributed by atoms with Gasteiger partial charge in [-0.1, -0.05) is 6.07 Å². The molecule has 0 saturated heterocycles. The molecule has 1 aromatic heterocycles. The molecule has 0 unspecified atom stereocenters. The minimum Gasteiger partial charge on any atom is -0.265 e. The van der Waals surface area contributed by atoms with Gasteiger partial charge in [-0.3, -0.25) is 4.98 Å². The van der Waals surface area contributed by atoms with Crippen LogP contribution in [-0.2, 0) is 24.7 Å². The number of hydrogen-bond acceptors (Lipinski definition) is 2. The largest absolute Gasteiger partial charge is 0.265 e. The maximum absolute atomic E-state index is 4.64. The van der Waals surface area contributed by atoms with E-state index in [9.17, 15) is 0 Å². The Morgan fingerprint density at radius 2 is 1.50 bits per heavy atom. The Hall–Kier alpha value is -0.0199. The van der Waals surface area contributed by atoms with Crippen molar-refractivity contribution in [3.63, 3.8) is 0 Å². The minimum absolute atomic E-state index is 0.806. The Kier molecular flexibility index (Phi) is 6.96. The topological polar surface area (TPSA) is 38.9 Å². The smallest absolute Gasteiger partial charge is 0.0267 e. The second-order valence-corrected chi connectivity index (χ2v) is 1.02. The third-order valence-corrected chi connectivity index (χ3v) is 0.566. The number of aromatic nitrogens is 1. The molecule has 1 rings (SSSR count). The standard InChI is InChI=1S/C5H5N.Hf.H2N/c1-2-4-6-5-3-1;;/h1-5H;;1H2/q;+1;-1. The van der Waals surface area contributed by atoms with Gasteiger partial charge in [0.1, 0.15) is 0 Å². The normalized spacial score (nSPS) is 6.50. The molecule has 0 aliphatic carbocycles. The van der Waals surface area contributed by atoms with Crippen molar-refractivity contribution in [3.05, 3.63) is 30.6 Å². The van der Waals surface area contributed by atoms with Crippen molar-refractivity contribution in [2.24, 2.45) is 3.72 Å². The van der Waals surface area contributed by atoms with Crippen molar-refractivity contribution < 1.29 is 24.7 Å². The van der Waals surface area contributed by atoms with Gasteiger partial charge in [0.05, 0.1) is 0 Å². The summed E-state index contributed by atoms with van der Waals surface area (Å²) in [5.74, 6) is 0. The Morgan fingerprint density at radius 1 is 1.00 bits per heavy atom. The molecule has 0 spiro atoms. The van der Waals surface area contributed by atoms with Crippen molar-refractivity contribution in [1.29, 1.82) is 0 Å². The van der Waals surface area contributed by atoms with Crippen LogP contribution in [0.3, 0.4) is 0 Å². The van der Waals surface area contributed by atoms with Gasteiger partial charge in [-0.15, -0.1) is 0 Å². The average Bonchev–Trinajstić information content (AvgIpc) is 1.96. The van der Waals surface area contributed by atoms with E-state index in [0.717, 1.165) is 24.7 Å². The van der Waals surface area contributed by atoms with Gasteiger partial charge in [0.15, 0.2) is 0 Å². The van der Waals surface area contributed by atoms with Crippen LogP contribution < -0.4 is 3.72 Å². The summed E-state index contributed by atoms with van der Waals surface area (Å²) in [6.07, 6.45) is 3.50. The third-order valence-electron chi connectivity index (χ3n) is 0.566. The summed E-state index contributed by atoms with van der Waals surface area (Å²) in [4.78, 5) is 3.78. The zero-order chi connectivity index (χ0) is 6.24. The molecular weight excluding hydrogens is 267 g/mol. The van der Waals surface area contributed by atoms with Gasteiger partial charge in [0, 0.05) is 12.4 Å². The second-order valence-electron chi connectivity index (χ2n) is 1.02. The van der Waals surface area contributed by atoms with Crippen LogP contribution >= 0.6 is 0 Å². The van der Waals surface area contributed by atoms with Crippen molar-refractivity contribution in [2.75, 3.05) is 0 Å². The molecule has 8 heavy (non-hydrogen) atoms. The van der Waals surface area contributed by atoms with E-state index in [4.69, 9.17) is 0 Å². The molecule has 0 amide bonds. The molecule has 2 N–H and O–H groups in total. The van der Waals surface area contributed by atoms with Gasteiger partial charge in [0.2, 0.25) is 0 Å². The summed E-state index contributed by atoms with van der Waals surface area (Å²) in [6.45, 7) is 0. The molecule has 0 aromatic carbocycles. The zero-order valence-electron chi connectivity index (χ0n) is 4.41. The predicted octanol–water partition coefficient (Wildman–Crippen LogP) is 0.489. The van der Waals surface area contributed by atoms with Crippen LogP contribution in [-0.4, -0.2) is 4.98 Å². The first kappa shape index (κ1) is 7.98. The predicted molar refractivity (Wildman–Crippen MR) is 28.4 cm³/mol. The van der Waals surface area contributed by atoms with Gasteiger partial charge in [-0.05, 0) is 12.1 Å². The fourth-order valence-electron chi connectivity index (χ4n) is 0.313. The number of rotatable bonds is 0. The van der Waals surface area contributed by atoms with Crippen LogP contribution in [0.2, 0.25) is 0 Å². The van der Waals surface area contributed by atoms with E-state index >= 15 is 0 Å². The first-order chi connectivity index (χ1) is 4.00. The van der Waals surface area contributed by atoms with Crippen LogP contribution in [0.15, 0.2) is 30.6 Å². The maximum Gasteiger partial charge on any atom is 0.0267 e. The Labute approximate surface area is 64.1 Å². The molecule has 2 nitrogen and oxygen atoms in total. The van der Waals surface area contributed by atoms with E-state index in [0.29, 0.717) is 0 Å². The minimum atomic E-state index is 0.806. The Balaban J connectivity index is 0.000000222. The van der Waals surface area contributed by atoms with Crippen molar-refractivity contribution in [2.45, 2.75) is 0 Å². The van der Waals surface area contributed by atoms with E-state index in [1.54, 1.807) is 12.4 Å². The molecule has 41 valence electrons. The maximum atomic E-state index is 4.64. The van der Waals surface area contributed by atoms with E-state index in [2.05, 4.69) is 8.71 Å². The summed E-state index contributed by atoms with van der Waals surface area (Å²) < 4.78 is 4.64. The van der Waals surface area contributed by atoms with Gasteiger partial charge in [0.25, 0.3) is 0 Å². The quantitative estimate of drug-likeness (QED) is 0.699. The number of nitrogens with two attached hydrogens (primary N) is 1. The fraction of sp³-hybridized carbons (Fsp3) is 0. The van der Waals surface area contributed by atoms with Gasteiger partial charge in [-0.25, -0.2) is 0 Å². The van der Waals surface area contributed by atoms with E-state index in [1.807, 2.05) is 18.2 Å². The van der Waals surface area contributed by atoms with Crippen molar-refractivity contribution in [3.8, 4) is 0 Å². The Morgan fingerprint density at radius 3 is 1.62 bits per heavy atom. The molecule has 0 fully saturated rings. The van der Waals surface area contributed by atoms with Crippen molar-refractivity contribution >= 4 is 0 Å². The number of pyridine rings is 1. The second kappa shape index (κ2) is 6.98. The first-order valence-corrected chi connectivity index (χ1v) is 4.21. The zero-order valence-corrected chi connectivity index (χ0v) is 8.00.